The molecule has 0 spiro atoms. The summed E-state index contributed by atoms with van der Waals surface area (Å²) in [4.78, 5) is 0. The fraction of sp³-hybridized carbons (Fsp3) is 0. The minimum absolute atomic E-state index is 1.19. The third-order valence-electron chi connectivity index (χ3n) is 0.379. The van der Waals surface area contributed by atoms with Gasteiger partial charge in [-0.25, -0.2) is 0 Å². The van der Waals surface area contributed by atoms with Crippen LogP contribution in [0.4, 0.5) is 0 Å². The van der Waals surface area contributed by atoms with E-state index in [0.29, 0.717) is 0 Å². The van der Waals surface area contributed by atoms with Gasteiger partial charge in [0, 0.05) is 0 Å². The molecule has 0 unspecified atom stereocenters. The van der Waals surface area contributed by atoms with Gasteiger partial charge >= 0.3 is 30.0 Å². The van der Waals surface area contributed by atoms with Gasteiger partial charge in [-0.15, -0.1) is 6.07 Å². The molecule has 1 nitrogen and oxygen atoms in total. The van der Waals surface area contributed by atoms with E-state index in [4.69, 9.17) is 0 Å². The summed E-state index contributed by atoms with van der Waals surface area (Å²) in [5.74, 6) is 0. The van der Waals surface area contributed by atoms with Gasteiger partial charge in [0.25, 0.3) is 0 Å². The molecule has 0 aliphatic heterocycles. The maximum atomic E-state index is 4.46. The van der Waals surface area contributed by atoms with E-state index in [-0.39, 0.29) is 0 Å². The first kappa shape index (κ1) is 7.38. The van der Waals surface area contributed by atoms with Crippen LogP contribution < -0.4 is 0 Å². The smallest absolute Gasteiger partial charge is 0.00853 e. The van der Waals surface area contributed by atoms with Crippen LogP contribution >= 0.6 is 13.6 Å². The standard InChI is InChI=1S/C4H3O.BrH.Zn/c1-2-4-5-3-1;;/h1-3H;1H;/q-1;;+2/p-1. The Bertz CT molecular complexity index is 68.2. The summed E-state index contributed by atoms with van der Waals surface area (Å²) in [5, 5.41) is 0. The zero-order valence-corrected chi connectivity index (χ0v) is 8.28. The Kier molecular flexibility index (Phi) is 6.73. The maximum Gasteiger partial charge on any atom is -0.00853 e. The molecule has 0 bridgehead atoms. The van der Waals surface area contributed by atoms with Gasteiger partial charge in [0.1, 0.15) is 0 Å². The van der Waals surface area contributed by atoms with Crippen molar-refractivity contribution in [2.75, 3.05) is 0 Å². The first-order valence-corrected chi connectivity index (χ1v) is 8.61. The zero-order chi connectivity index (χ0) is 5.54. The van der Waals surface area contributed by atoms with Gasteiger partial charge in [-0.2, -0.15) is 6.07 Å². The van der Waals surface area contributed by atoms with E-state index < -0.39 is 0 Å². The molecule has 0 saturated carbocycles. The van der Waals surface area contributed by atoms with Crippen molar-refractivity contribution >= 4 is 13.6 Å². The normalized spacial score (nSPS) is 6.71. The van der Waals surface area contributed by atoms with E-state index in [2.05, 4.69) is 24.3 Å². The van der Waals surface area contributed by atoms with Crippen molar-refractivity contribution in [1.29, 1.82) is 0 Å². The van der Waals surface area contributed by atoms with Crippen molar-refractivity contribution < 1.29 is 20.8 Å². The zero-order valence-electron chi connectivity index (χ0n) is 3.73. The first-order valence-electron chi connectivity index (χ1n) is 1.66. The third-order valence-corrected chi connectivity index (χ3v) is 0.379. The fourth-order valence-electron chi connectivity index (χ4n) is 0.196. The van der Waals surface area contributed by atoms with Gasteiger partial charge in [0.2, 0.25) is 0 Å². The van der Waals surface area contributed by atoms with Gasteiger partial charge in [-0.05, 0) is 6.26 Å². The predicted molar refractivity (Wildman–Crippen MR) is 26.5 cm³/mol. The minimum Gasteiger partial charge on any atom is -0.599 e. The molecule has 1 rings (SSSR count). The average molecular weight is 212 g/mol. The summed E-state index contributed by atoms with van der Waals surface area (Å²) in [7, 11) is 0. The molecule has 0 radical (unpaired) electrons. The molecule has 0 N–H and O–H groups in total. The minimum atomic E-state index is 1.19. The topological polar surface area (TPSA) is 13.1 Å². The second kappa shape index (κ2) is 6.38. The number of furan rings is 1. The largest absolute Gasteiger partial charge is 0.599 e. The molecule has 0 saturated heterocycles. The molecule has 0 fully saturated rings. The van der Waals surface area contributed by atoms with Crippen molar-refractivity contribution in [2.45, 2.75) is 0 Å². The summed E-state index contributed by atoms with van der Waals surface area (Å²) in [5.41, 5.74) is 0. The van der Waals surface area contributed by atoms with Gasteiger partial charge in [0.05, 0.1) is 0 Å². The van der Waals surface area contributed by atoms with Crippen LogP contribution in [0.25, 0.3) is 0 Å². The maximum absolute atomic E-state index is 4.46. The van der Waals surface area contributed by atoms with Crippen LogP contribution in [0, 0.1) is 6.26 Å². The van der Waals surface area contributed by atoms with Gasteiger partial charge in [-0.1, -0.05) is 6.26 Å². The Labute approximate surface area is 59.1 Å². The van der Waals surface area contributed by atoms with E-state index in [1.54, 1.807) is 18.4 Å². The van der Waals surface area contributed by atoms with Crippen LogP contribution in [-0.2, 0) is 16.3 Å². The summed E-state index contributed by atoms with van der Waals surface area (Å²) in [6, 6.07) is 3.49. The summed E-state index contributed by atoms with van der Waals surface area (Å²) >= 11 is 4.25. The molecule has 0 aliphatic carbocycles. The van der Waals surface area contributed by atoms with Crippen LogP contribution in [0.1, 0.15) is 0 Å². The Morgan fingerprint density at radius 1 is 1.57 bits per heavy atom. The van der Waals surface area contributed by atoms with Crippen molar-refractivity contribution in [2.24, 2.45) is 0 Å². The van der Waals surface area contributed by atoms with E-state index in [9.17, 15) is 0 Å². The quantitative estimate of drug-likeness (QED) is 0.473. The average Bonchev–Trinajstić information content (AvgIpc) is 2.23. The van der Waals surface area contributed by atoms with Crippen LogP contribution in [0.2, 0.25) is 0 Å². The Balaban J connectivity index is 0.000000162. The van der Waals surface area contributed by atoms with Crippen molar-refractivity contribution in [3.63, 3.8) is 0 Å². The number of hydrogen-bond donors (Lipinski definition) is 0. The third kappa shape index (κ3) is 4.23. The Hall–Kier alpha value is 0.383. The molecule has 1 aromatic heterocycles. The molecule has 0 amide bonds. The van der Waals surface area contributed by atoms with E-state index in [1.807, 2.05) is 0 Å². The second-order valence-corrected chi connectivity index (χ2v) is 0.731. The molecular weight excluding hydrogens is 209 g/mol. The second-order valence-electron chi connectivity index (χ2n) is 0.731. The van der Waals surface area contributed by atoms with Crippen LogP contribution in [-0.4, -0.2) is 0 Å². The van der Waals surface area contributed by atoms with E-state index in [0.717, 1.165) is 0 Å². The van der Waals surface area contributed by atoms with Crippen LogP contribution in [0.15, 0.2) is 22.8 Å². The van der Waals surface area contributed by atoms with Crippen molar-refractivity contribution in [3.8, 4) is 0 Å². The first-order chi connectivity index (χ1) is 3.50. The molecular formula is C4H3BrOZn. The van der Waals surface area contributed by atoms with Gasteiger partial charge in [-0.3, -0.25) is 0 Å². The Morgan fingerprint density at radius 3 is 2.43 bits per heavy atom. The molecule has 0 aliphatic rings. The van der Waals surface area contributed by atoms with Crippen molar-refractivity contribution in [3.05, 3.63) is 24.7 Å². The van der Waals surface area contributed by atoms with E-state index >= 15 is 0 Å². The Morgan fingerprint density at radius 2 is 2.29 bits per heavy atom. The molecule has 1 aromatic rings. The summed E-state index contributed by atoms with van der Waals surface area (Å²) in [6.07, 6.45) is 4.06. The van der Waals surface area contributed by atoms with Gasteiger partial charge in [0.15, 0.2) is 0 Å². The predicted octanol–water partition coefficient (Wildman–Crippen LogP) is 1.92. The fourth-order valence-corrected chi connectivity index (χ4v) is 0.196. The van der Waals surface area contributed by atoms with Crippen LogP contribution in [0.3, 0.4) is 0 Å². The number of hydrogen-bond acceptors (Lipinski definition) is 1. The molecule has 1 heterocycles. The van der Waals surface area contributed by atoms with E-state index in [1.165, 1.54) is 16.3 Å². The van der Waals surface area contributed by atoms with Gasteiger partial charge < -0.3 is 4.42 Å². The summed E-state index contributed by atoms with van der Waals surface area (Å²) < 4.78 is 4.46. The molecule has 0 aromatic carbocycles. The molecule has 7 heavy (non-hydrogen) atoms. The number of rotatable bonds is 0. The SMILES string of the molecule is [Zn+][Br].[c-]1ccco1. The molecule has 0 atom stereocenters. The number of halogens is 1. The molecule has 3 heteroatoms. The summed E-state index contributed by atoms with van der Waals surface area (Å²) in [6.45, 7) is 0. The van der Waals surface area contributed by atoms with Crippen molar-refractivity contribution in [1.82, 2.24) is 0 Å². The monoisotopic (exact) mass is 210 g/mol. The van der Waals surface area contributed by atoms with Crippen LogP contribution in [0.5, 0.6) is 0 Å². The molecule has 34 valence electrons.